The van der Waals surface area contributed by atoms with E-state index in [2.05, 4.69) is 12.6 Å². The Morgan fingerprint density at radius 3 is 2.78 bits per heavy atom. The molecule has 0 radical (unpaired) electrons. The fourth-order valence-electron chi connectivity index (χ4n) is 0.818. The molecule has 2 atom stereocenters. The Morgan fingerprint density at radius 1 is 1.67 bits per heavy atom. The fourth-order valence-corrected chi connectivity index (χ4v) is 1.01. The summed E-state index contributed by atoms with van der Waals surface area (Å²) in [5.74, 6) is 0.760. The summed E-state index contributed by atoms with van der Waals surface area (Å²) in [5, 5.41) is 0. The van der Waals surface area contributed by atoms with Crippen LogP contribution in [-0.2, 0) is 9.47 Å². The first-order valence-electron chi connectivity index (χ1n) is 3.24. The van der Waals surface area contributed by atoms with E-state index in [1.165, 1.54) is 0 Å². The molecule has 3 heteroatoms. The van der Waals surface area contributed by atoms with Crippen LogP contribution >= 0.6 is 12.6 Å². The number of ether oxygens (including phenoxy) is 2. The average Bonchev–Trinajstić information content (AvgIpc) is 2.34. The molecule has 1 aliphatic heterocycles. The van der Waals surface area contributed by atoms with Crippen molar-refractivity contribution in [2.75, 3.05) is 12.4 Å². The van der Waals surface area contributed by atoms with Crippen LogP contribution in [0.15, 0.2) is 0 Å². The van der Waals surface area contributed by atoms with Crippen molar-refractivity contribution in [2.45, 2.75) is 25.7 Å². The zero-order chi connectivity index (χ0) is 6.69. The lowest BCUT2D eigenvalue weighted by atomic mass is 10.4. The minimum Gasteiger partial charge on any atom is -0.350 e. The summed E-state index contributed by atoms with van der Waals surface area (Å²) in [7, 11) is 0. The molecular formula is C6H12O2S. The second-order valence-electron chi connectivity index (χ2n) is 2.11. The number of rotatable bonds is 2. The standard InChI is InChI=1S/C6H12O2S/c1-2-6-7-3-5(4-9)8-6/h5-6,9H,2-4H2,1H3. The van der Waals surface area contributed by atoms with Crippen molar-refractivity contribution in [1.29, 1.82) is 0 Å². The van der Waals surface area contributed by atoms with E-state index in [4.69, 9.17) is 9.47 Å². The van der Waals surface area contributed by atoms with Gasteiger partial charge >= 0.3 is 0 Å². The molecule has 0 saturated carbocycles. The van der Waals surface area contributed by atoms with E-state index in [0.717, 1.165) is 12.2 Å². The molecule has 1 heterocycles. The Kier molecular flexibility index (Phi) is 2.82. The molecular weight excluding hydrogens is 136 g/mol. The molecule has 54 valence electrons. The predicted molar refractivity (Wildman–Crippen MR) is 38.8 cm³/mol. The van der Waals surface area contributed by atoms with Crippen LogP contribution in [0.5, 0.6) is 0 Å². The number of hydrogen-bond donors (Lipinski definition) is 1. The monoisotopic (exact) mass is 148 g/mol. The Labute approximate surface area is 60.9 Å². The number of thiol groups is 1. The molecule has 0 aromatic heterocycles. The van der Waals surface area contributed by atoms with Gasteiger partial charge in [-0.3, -0.25) is 0 Å². The summed E-state index contributed by atoms with van der Waals surface area (Å²) >= 11 is 4.09. The van der Waals surface area contributed by atoms with Gasteiger partial charge in [0.1, 0.15) is 0 Å². The van der Waals surface area contributed by atoms with Crippen LogP contribution in [0.1, 0.15) is 13.3 Å². The Balaban J connectivity index is 2.20. The summed E-state index contributed by atoms with van der Waals surface area (Å²) in [6, 6.07) is 0. The lowest BCUT2D eigenvalue weighted by molar-refractivity contribution is -0.0550. The molecule has 0 spiro atoms. The van der Waals surface area contributed by atoms with Crippen LogP contribution in [0.25, 0.3) is 0 Å². The molecule has 1 rings (SSSR count). The van der Waals surface area contributed by atoms with Crippen molar-refractivity contribution in [3.8, 4) is 0 Å². The Morgan fingerprint density at radius 2 is 2.44 bits per heavy atom. The molecule has 0 aromatic carbocycles. The topological polar surface area (TPSA) is 18.5 Å². The van der Waals surface area contributed by atoms with E-state index in [1.807, 2.05) is 6.92 Å². The van der Waals surface area contributed by atoms with Gasteiger partial charge in [0.15, 0.2) is 6.29 Å². The Hall–Kier alpha value is 0.270. The van der Waals surface area contributed by atoms with E-state index < -0.39 is 0 Å². The zero-order valence-electron chi connectivity index (χ0n) is 5.54. The predicted octanol–water partition coefficient (Wildman–Crippen LogP) is 1.07. The van der Waals surface area contributed by atoms with Crippen LogP contribution < -0.4 is 0 Å². The number of hydrogen-bond acceptors (Lipinski definition) is 3. The highest BCUT2D eigenvalue weighted by Gasteiger charge is 2.22. The fraction of sp³-hybridized carbons (Fsp3) is 1.00. The third kappa shape index (κ3) is 1.85. The molecule has 0 N–H and O–H groups in total. The third-order valence-corrected chi connectivity index (χ3v) is 1.76. The quantitative estimate of drug-likeness (QED) is 0.590. The van der Waals surface area contributed by atoms with Crippen molar-refractivity contribution >= 4 is 12.6 Å². The molecule has 1 saturated heterocycles. The second-order valence-corrected chi connectivity index (χ2v) is 2.48. The molecule has 1 fully saturated rings. The van der Waals surface area contributed by atoms with Gasteiger partial charge in [-0.2, -0.15) is 12.6 Å². The minimum absolute atomic E-state index is 0.0298. The van der Waals surface area contributed by atoms with Gasteiger partial charge < -0.3 is 9.47 Å². The van der Waals surface area contributed by atoms with Gasteiger partial charge in [0.25, 0.3) is 0 Å². The van der Waals surface area contributed by atoms with E-state index in [1.54, 1.807) is 0 Å². The van der Waals surface area contributed by atoms with Crippen molar-refractivity contribution in [2.24, 2.45) is 0 Å². The smallest absolute Gasteiger partial charge is 0.157 e. The first kappa shape index (κ1) is 7.38. The molecule has 0 amide bonds. The van der Waals surface area contributed by atoms with Crippen molar-refractivity contribution in [3.05, 3.63) is 0 Å². The van der Waals surface area contributed by atoms with Gasteiger partial charge in [-0.05, 0) is 6.42 Å². The third-order valence-electron chi connectivity index (χ3n) is 1.35. The highest BCUT2D eigenvalue weighted by molar-refractivity contribution is 7.80. The maximum Gasteiger partial charge on any atom is 0.157 e. The van der Waals surface area contributed by atoms with Crippen LogP contribution in [-0.4, -0.2) is 24.8 Å². The largest absolute Gasteiger partial charge is 0.350 e. The maximum atomic E-state index is 5.36. The normalized spacial score (nSPS) is 35.3. The van der Waals surface area contributed by atoms with Crippen molar-refractivity contribution < 1.29 is 9.47 Å². The molecule has 2 unspecified atom stereocenters. The van der Waals surface area contributed by atoms with Crippen molar-refractivity contribution in [3.63, 3.8) is 0 Å². The minimum atomic E-state index is 0.0298. The van der Waals surface area contributed by atoms with Gasteiger partial charge in [0, 0.05) is 5.75 Å². The summed E-state index contributed by atoms with van der Waals surface area (Å²) < 4.78 is 10.6. The SMILES string of the molecule is CCC1OCC(CS)O1. The van der Waals surface area contributed by atoms with E-state index in [0.29, 0.717) is 6.61 Å². The van der Waals surface area contributed by atoms with E-state index >= 15 is 0 Å². The lowest BCUT2D eigenvalue weighted by Crippen LogP contribution is -2.12. The van der Waals surface area contributed by atoms with E-state index in [9.17, 15) is 0 Å². The summed E-state index contributed by atoms with van der Waals surface area (Å²) in [5.41, 5.74) is 0. The van der Waals surface area contributed by atoms with Crippen LogP contribution in [0, 0.1) is 0 Å². The summed E-state index contributed by atoms with van der Waals surface area (Å²) in [6.45, 7) is 2.76. The molecule has 0 aromatic rings. The van der Waals surface area contributed by atoms with Crippen LogP contribution in [0.4, 0.5) is 0 Å². The first-order valence-corrected chi connectivity index (χ1v) is 3.88. The lowest BCUT2D eigenvalue weighted by Gasteiger charge is -2.05. The van der Waals surface area contributed by atoms with Gasteiger partial charge in [0.2, 0.25) is 0 Å². The van der Waals surface area contributed by atoms with Gasteiger partial charge in [-0.15, -0.1) is 0 Å². The molecule has 0 bridgehead atoms. The highest BCUT2D eigenvalue weighted by Crippen LogP contribution is 2.14. The van der Waals surface area contributed by atoms with Gasteiger partial charge in [-0.1, -0.05) is 6.92 Å². The Bertz CT molecular complexity index is 77.1. The average molecular weight is 148 g/mol. The van der Waals surface area contributed by atoms with Crippen molar-refractivity contribution in [1.82, 2.24) is 0 Å². The van der Waals surface area contributed by atoms with Gasteiger partial charge in [-0.25, -0.2) is 0 Å². The summed E-state index contributed by atoms with van der Waals surface area (Å²) in [4.78, 5) is 0. The molecule has 0 aliphatic carbocycles. The van der Waals surface area contributed by atoms with Gasteiger partial charge in [0.05, 0.1) is 12.7 Å². The molecule has 9 heavy (non-hydrogen) atoms. The second kappa shape index (κ2) is 3.44. The first-order chi connectivity index (χ1) is 4.36. The van der Waals surface area contributed by atoms with Crippen LogP contribution in [0.2, 0.25) is 0 Å². The molecule has 2 nitrogen and oxygen atoms in total. The highest BCUT2D eigenvalue weighted by atomic mass is 32.1. The summed E-state index contributed by atoms with van der Waals surface area (Å²) in [6.07, 6.45) is 1.19. The van der Waals surface area contributed by atoms with Crippen LogP contribution in [0.3, 0.4) is 0 Å². The zero-order valence-corrected chi connectivity index (χ0v) is 6.43. The molecule has 1 aliphatic rings. The van der Waals surface area contributed by atoms with E-state index in [-0.39, 0.29) is 12.4 Å². The maximum absolute atomic E-state index is 5.36.